The molecule has 0 bridgehead atoms. The van der Waals surface area contributed by atoms with Gasteiger partial charge >= 0.3 is 0 Å². The molecule has 0 aliphatic carbocycles. The first kappa shape index (κ1) is 15.8. The zero-order valence-electron chi connectivity index (χ0n) is 12.5. The van der Waals surface area contributed by atoms with Crippen LogP contribution in [0.2, 0.25) is 0 Å². The molecule has 0 aliphatic heterocycles. The predicted molar refractivity (Wildman–Crippen MR) is 87.5 cm³/mol. The average molecular weight is 339 g/mol. The van der Waals surface area contributed by atoms with Crippen LogP contribution in [0.1, 0.15) is 11.3 Å². The quantitative estimate of drug-likeness (QED) is 0.713. The second-order valence-corrected chi connectivity index (χ2v) is 6.78. The number of hydrogen-bond donors (Lipinski definition) is 0. The molecular weight excluding hydrogens is 326 g/mol. The van der Waals surface area contributed by atoms with Crippen LogP contribution in [0.4, 0.5) is 5.82 Å². The maximum Gasteiger partial charge on any atom is 0.265 e. The lowest BCUT2D eigenvalue weighted by molar-refractivity contribution is 0.508. The monoisotopic (exact) mass is 339 g/mol. The van der Waals surface area contributed by atoms with Gasteiger partial charge in [0.1, 0.15) is 11.6 Å². The van der Waals surface area contributed by atoms with Crippen LogP contribution in [-0.2, 0) is 16.6 Å². The number of aromatic nitrogens is 1. The van der Waals surface area contributed by atoms with E-state index < -0.39 is 10.0 Å². The number of benzene rings is 1. The highest BCUT2D eigenvalue weighted by Crippen LogP contribution is 2.24. The summed E-state index contributed by atoms with van der Waals surface area (Å²) in [5.74, 6) is 0.761. The summed E-state index contributed by atoms with van der Waals surface area (Å²) in [6.45, 7) is 0.00310. The van der Waals surface area contributed by atoms with Crippen LogP contribution < -0.4 is 4.31 Å². The number of sulfonamides is 1. The molecule has 3 rings (SSSR count). The third kappa shape index (κ3) is 3.14. The third-order valence-corrected chi connectivity index (χ3v) is 5.08. The molecule has 0 fully saturated rings. The van der Waals surface area contributed by atoms with Crippen molar-refractivity contribution in [1.82, 2.24) is 4.98 Å². The van der Waals surface area contributed by atoms with Gasteiger partial charge in [-0.3, -0.25) is 0 Å². The normalized spacial score (nSPS) is 11.0. The average Bonchev–Trinajstić information content (AvgIpc) is 3.13. The first-order chi connectivity index (χ1) is 11.6. The molecular formula is C17H13N3O3S. The van der Waals surface area contributed by atoms with E-state index in [4.69, 9.17) is 9.68 Å². The lowest BCUT2D eigenvalue weighted by Crippen LogP contribution is -2.31. The molecule has 0 saturated heterocycles. The fourth-order valence-electron chi connectivity index (χ4n) is 2.19. The molecule has 3 aromatic rings. The number of furan rings is 1. The van der Waals surface area contributed by atoms with E-state index in [1.807, 2.05) is 6.07 Å². The van der Waals surface area contributed by atoms with Crippen molar-refractivity contribution in [3.8, 4) is 6.07 Å². The molecule has 0 N–H and O–H groups in total. The van der Waals surface area contributed by atoms with Gasteiger partial charge in [0, 0.05) is 6.20 Å². The molecule has 0 radical (unpaired) electrons. The summed E-state index contributed by atoms with van der Waals surface area (Å²) in [5, 5.41) is 9.01. The van der Waals surface area contributed by atoms with Crippen LogP contribution in [0.3, 0.4) is 0 Å². The zero-order chi connectivity index (χ0) is 17.0. The van der Waals surface area contributed by atoms with Crippen molar-refractivity contribution in [2.45, 2.75) is 11.4 Å². The lowest BCUT2D eigenvalue weighted by atomic mass is 10.2. The Morgan fingerprint density at radius 1 is 1.12 bits per heavy atom. The summed E-state index contributed by atoms with van der Waals surface area (Å²) < 4.78 is 32.6. The molecule has 0 spiro atoms. The number of rotatable bonds is 5. The molecule has 0 aliphatic rings. The standard InChI is InChI=1S/C17H13N3O3S/c18-12-14-5-3-7-16(11-14)24(21,22)20(13-15-6-4-10-23-15)17-8-1-2-9-19-17/h1-11H,13H2. The van der Waals surface area contributed by atoms with Crippen molar-refractivity contribution in [2.24, 2.45) is 0 Å². The van der Waals surface area contributed by atoms with Crippen molar-refractivity contribution in [1.29, 1.82) is 5.26 Å². The second kappa shape index (κ2) is 6.56. The molecule has 2 aromatic heterocycles. The largest absolute Gasteiger partial charge is 0.467 e. The van der Waals surface area contributed by atoms with E-state index in [1.54, 1.807) is 36.4 Å². The van der Waals surface area contributed by atoms with Crippen LogP contribution in [-0.4, -0.2) is 13.4 Å². The number of nitrogens with zero attached hydrogens (tertiary/aromatic N) is 3. The van der Waals surface area contributed by atoms with Crippen LogP contribution in [0.25, 0.3) is 0 Å². The summed E-state index contributed by atoms with van der Waals surface area (Å²) in [4.78, 5) is 4.16. The van der Waals surface area contributed by atoms with Crippen molar-refractivity contribution < 1.29 is 12.8 Å². The highest BCUT2D eigenvalue weighted by atomic mass is 32.2. The van der Waals surface area contributed by atoms with Gasteiger partial charge in [-0.2, -0.15) is 5.26 Å². The van der Waals surface area contributed by atoms with Gasteiger partial charge in [-0.15, -0.1) is 0 Å². The van der Waals surface area contributed by atoms with E-state index in [0.29, 0.717) is 5.76 Å². The van der Waals surface area contributed by atoms with Crippen LogP contribution in [0.15, 0.2) is 76.4 Å². The predicted octanol–water partition coefficient (Wildman–Crippen LogP) is 2.94. The van der Waals surface area contributed by atoms with Crippen molar-refractivity contribution >= 4 is 15.8 Å². The molecule has 6 nitrogen and oxygen atoms in total. The van der Waals surface area contributed by atoms with Gasteiger partial charge in [-0.1, -0.05) is 12.1 Å². The summed E-state index contributed by atoms with van der Waals surface area (Å²) in [6, 6.07) is 16.2. The van der Waals surface area contributed by atoms with E-state index >= 15 is 0 Å². The first-order valence-corrected chi connectivity index (χ1v) is 8.51. The summed E-state index contributed by atoms with van der Waals surface area (Å²) in [5.41, 5.74) is 0.273. The van der Waals surface area contributed by atoms with Crippen LogP contribution in [0.5, 0.6) is 0 Å². The molecule has 0 amide bonds. The van der Waals surface area contributed by atoms with Gasteiger partial charge in [0.2, 0.25) is 0 Å². The lowest BCUT2D eigenvalue weighted by Gasteiger charge is -2.22. The van der Waals surface area contributed by atoms with E-state index in [2.05, 4.69) is 4.98 Å². The van der Waals surface area contributed by atoms with E-state index in [9.17, 15) is 8.42 Å². The summed E-state index contributed by atoms with van der Waals surface area (Å²) in [7, 11) is -3.90. The zero-order valence-corrected chi connectivity index (χ0v) is 13.3. The highest BCUT2D eigenvalue weighted by Gasteiger charge is 2.27. The Morgan fingerprint density at radius 2 is 2.00 bits per heavy atom. The minimum Gasteiger partial charge on any atom is -0.467 e. The van der Waals surface area contributed by atoms with Gasteiger partial charge in [0.05, 0.1) is 29.3 Å². The maximum absolute atomic E-state index is 13.1. The number of nitriles is 1. The maximum atomic E-state index is 13.1. The number of anilines is 1. The Hall–Kier alpha value is -3.11. The van der Waals surface area contributed by atoms with Gasteiger partial charge in [-0.25, -0.2) is 17.7 Å². The van der Waals surface area contributed by atoms with Crippen LogP contribution in [0, 0.1) is 11.3 Å². The highest BCUT2D eigenvalue weighted by molar-refractivity contribution is 7.92. The SMILES string of the molecule is N#Cc1cccc(S(=O)(=O)N(Cc2ccco2)c2ccccn2)c1. The van der Waals surface area contributed by atoms with Gasteiger partial charge in [0.25, 0.3) is 10.0 Å². The van der Waals surface area contributed by atoms with Gasteiger partial charge in [0.15, 0.2) is 0 Å². The molecule has 7 heteroatoms. The Morgan fingerprint density at radius 3 is 2.67 bits per heavy atom. The Bertz CT molecular complexity index is 962. The van der Waals surface area contributed by atoms with E-state index in [-0.39, 0.29) is 22.8 Å². The second-order valence-electron chi connectivity index (χ2n) is 4.92. The Balaban J connectivity index is 2.08. The molecule has 1 aromatic carbocycles. The van der Waals surface area contributed by atoms with E-state index in [0.717, 1.165) is 4.31 Å². The summed E-state index contributed by atoms with van der Waals surface area (Å²) >= 11 is 0. The minimum atomic E-state index is -3.90. The van der Waals surface area contributed by atoms with Crippen molar-refractivity contribution in [3.63, 3.8) is 0 Å². The molecule has 2 heterocycles. The molecule has 0 saturated carbocycles. The van der Waals surface area contributed by atoms with Crippen molar-refractivity contribution in [3.05, 3.63) is 78.4 Å². The minimum absolute atomic E-state index is 0.00310. The summed E-state index contributed by atoms with van der Waals surface area (Å²) in [6.07, 6.45) is 3.00. The Kier molecular flexibility index (Phi) is 4.31. The molecule has 120 valence electrons. The smallest absolute Gasteiger partial charge is 0.265 e. The van der Waals surface area contributed by atoms with E-state index in [1.165, 1.54) is 30.7 Å². The fourth-order valence-corrected chi connectivity index (χ4v) is 3.62. The molecule has 0 atom stereocenters. The number of pyridine rings is 1. The Labute approximate surface area is 139 Å². The number of hydrogen-bond acceptors (Lipinski definition) is 5. The van der Waals surface area contributed by atoms with Gasteiger partial charge < -0.3 is 4.42 Å². The molecule has 24 heavy (non-hydrogen) atoms. The van der Waals surface area contributed by atoms with Crippen molar-refractivity contribution in [2.75, 3.05) is 4.31 Å². The van der Waals surface area contributed by atoms with Gasteiger partial charge in [-0.05, 0) is 42.5 Å². The first-order valence-electron chi connectivity index (χ1n) is 7.07. The topological polar surface area (TPSA) is 87.2 Å². The molecule has 0 unspecified atom stereocenters. The third-order valence-electron chi connectivity index (χ3n) is 3.34. The van der Waals surface area contributed by atoms with Crippen LogP contribution >= 0.6 is 0 Å². The fraction of sp³-hybridized carbons (Fsp3) is 0.0588.